The fourth-order valence-electron chi connectivity index (χ4n) is 3.56. The molecule has 0 radical (unpaired) electrons. The van der Waals surface area contributed by atoms with Gasteiger partial charge in [-0.2, -0.15) is 0 Å². The number of benzene rings is 1. The lowest BCUT2D eigenvalue weighted by molar-refractivity contribution is -0.119. The van der Waals surface area contributed by atoms with Crippen molar-refractivity contribution in [2.75, 3.05) is 5.75 Å². The van der Waals surface area contributed by atoms with Crippen LogP contribution in [0.3, 0.4) is 0 Å². The molecule has 0 aliphatic heterocycles. The van der Waals surface area contributed by atoms with Crippen molar-refractivity contribution >= 4 is 17.7 Å². The highest BCUT2D eigenvalue weighted by atomic mass is 32.2. The standard InChI is InChI=1S/C20H22N4O2S/c1-13-15(10-11-26-13)19-22-23-20(24(19)2)27-12-18(25)21-17-9-5-7-14-6-3-4-8-16(14)17/h3-4,6,8,10-11,17H,5,7,9,12H2,1-2H3,(H,21,25). The highest BCUT2D eigenvalue weighted by Crippen LogP contribution is 2.30. The van der Waals surface area contributed by atoms with Crippen molar-refractivity contribution in [3.8, 4) is 11.4 Å². The summed E-state index contributed by atoms with van der Waals surface area (Å²) < 4.78 is 7.24. The molecule has 0 saturated carbocycles. The molecule has 1 aliphatic carbocycles. The quantitative estimate of drug-likeness (QED) is 0.682. The molecule has 140 valence electrons. The molecule has 0 fully saturated rings. The molecular formula is C20H22N4O2S. The Kier molecular flexibility index (Phi) is 5.03. The van der Waals surface area contributed by atoms with Gasteiger partial charge in [-0.25, -0.2) is 0 Å². The Labute approximate surface area is 162 Å². The molecule has 1 amide bonds. The molecule has 0 bridgehead atoms. The van der Waals surface area contributed by atoms with Crippen LogP contribution >= 0.6 is 11.8 Å². The van der Waals surface area contributed by atoms with Crippen LogP contribution in [0.2, 0.25) is 0 Å². The fraction of sp³-hybridized carbons (Fsp3) is 0.350. The number of hydrogen-bond donors (Lipinski definition) is 1. The summed E-state index contributed by atoms with van der Waals surface area (Å²) in [6, 6.07) is 10.4. The Morgan fingerprint density at radius 3 is 3.00 bits per heavy atom. The Morgan fingerprint density at radius 1 is 1.33 bits per heavy atom. The zero-order valence-corrected chi connectivity index (χ0v) is 16.3. The minimum Gasteiger partial charge on any atom is -0.469 e. The minimum atomic E-state index is 0.0192. The van der Waals surface area contributed by atoms with Crippen LogP contribution in [-0.2, 0) is 18.3 Å². The molecule has 1 aromatic carbocycles. The number of aryl methyl sites for hydroxylation is 2. The van der Waals surface area contributed by atoms with Crippen molar-refractivity contribution in [1.82, 2.24) is 20.1 Å². The van der Waals surface area contributed by atoms with Gasteiger partial charge in [-0.15, -0.1) is 10.2 Å². The number of fused-ring (bicyclic) bond motifs is 1. The Hall–Kier alpha value is -2.54. The van der Waals surface area contributed by atoms with Gasteiger partial charge in [0.2, 0.25) is 5.91 Å². The van der Waals surface area contributed by atoms with Gasteiger partial charge in [0.1, 0.15) is 5.76 Å². The van der Waals surface area contributed by atoms with Crippen LogP contribution in [0.25, 0.3) is 11.4 Å². The highest BCUT2D eigenvalue weighted by molar-refractivity contribution is 7.99. The summed E-state index contributed by atoms with van der Waals surface area (Å²) in [5, 5.41) is 12.4. The van der Waals surface area contributed by atoms with Gasteiger partial charge in [-0.1, -0.05) is 36.0 Å². The molecular weight excluding hydrogens is 360 g/mol. The maximum absolute atomic E-state index is 12.5. The van der Waals surface area contributed by atoms with E-state index < -0.39 is 0 Å². The highest BCUT2D eigenvalue weighted by Gasteiger charge is 2.22. The molecule has 3 aromatic rings. The third-order valence-corrected chi connectivity index (χ3v) is 5.99. The van der Waals surface area contributed by atoms with E-state index in [4.69, 9.17) is 4.42 Å². The molecule has 4 rings (SSSR count). The van der Waals surface area contributed by atoms with Crippen molar-refractivity contribution in [3.63, 3.8) is 0 Å². The van der Waals surface area contributed by atoms with Gasteiger partial charge in [0.15, 0.2) is 11.0 Å². The van der Waals surface area contributed by atoms with Crippen molar-refractivity contribution in [1.29, 1.82) is 0 Å². The van der Waals surface area contributed by atoms with E-state index in [1.807, 2.05) is 30.7 Å². The minimum absolute atomic E-state index is 0.0192. The topological polar surface area (TPSA) is 72.9 Å². The number of aromatic nitrogens is 3. The van der Waals surface area contributed by atoms with Crippen molar-refractivity contribution < 1.29 is 9.21 Å². The average molecular weight is 382 g/mol. The maximum atomic E-state index is 12.5. The molecule has 7 heteroatoms. The van der Waals surface area contributed by atoms with Crippen LogP contribution in [0.15, 0.2) is 46.2 Å². The summed E-state index contributed by atoms with van der Waals surface area (Å²) in [5.74, 6) is 1.88. The monoisotopic (exact) mass is 382 g/mol. The number of furan rings is 1. The largest absolute Gasteiger partial charge is 0.469 e. The smallest absolute Gasteiger partial charge is 0.230 e. The summed E-state index contributed by atoms with van der Waals surface area (Å²) in [5.41, 5.74) is 3.51. The molecule has 1 atom stereocenters. The van der Waals surface area contributed by atoms with Crippen LogP contribution in [0, 0.1) is 6.92 Å². The molecule has 1 N–H and O–H groups in total. The number of rotatable bonds is 5. The Balaban J connectivity index is 1.40. The van der Waals surface area contributed by atoms with Crippen molar-refractivity contribution in [2.45, 2.75) is 37.4 Å². The van der Waals surface area contributed by atoms with Gasteiger partial charge in [0, 0.05) is 7.05 Å². The van der Waals surface area contributed by atoms with E-state index >= 15 is 0 Å². The lowest BCUT2D eigenvalue weighted by atomic mass is 9.88. The summed E-state index contributed by atoms with van der Waals surface area (Å²) in [6.07, 6.45) is 4.82. The van der Waals surface area contributed by atoms with Crippen molar-refractivity contribution in [2.24, 2.45) is 7.05 Å². The second kappa shape index (κ2) is 7.60. The first-order valence-corrected chi connectivity index (χ1v) is 10.1. The van der Waals surface area contributed by atoms with Crippen LogP contribution < -0.4 is 5.32 Å². The van der Waals surface area contributed by atoms with E-state index in [1.165, 1.54) is 22.9 Å². The third kappa shape index (κ3) is 3.64. The first-order chi connectivity index (χ1) is 13.1. The molecule has 2 heterocycles. The number of nitrogens with one attached hydrogen (secondary N) is 1. The summed E-state index contributed by atoms with van der Waals surface area (Å²) >= 11 is 1.40. The Morgan fingerprint density at radius 2 is 2.19 bits per heavy atom. The van der Waals surface area contributed by atoms with E-state index in [1.54, 1.807) is 6.26 Å². The average Bonchev–Trinajstić information content (AvgIpc) is 3.25. The molecule has 1 aliphatic rings. The van der Waals surface area contributed by atoms with E-state index in [-0.39, 0.29) is 11.9 Å². The predicted octanol–water partition coefficient (Wildman–Crippen LogP) is 3.67. The maximum Gasteiger partial charge on any atom is 0.230 e. The lowest BCUT2D eigenvalue weighted by Gasteiger charge is -2.26. The molecule has 2 aromatic heterocycles. The van der Waals surface area contributed by atoms with Crippen LogP contribution in [-0.4, -0.2) is 26.4 Å². The van der Waals surface area contributed by atoms with Gasteiger partial charge in [-0.3, -0.25) is 4.79 Å². The first-order valence-electron chi connectivity index (χ1n) is 9.07. The Bertz CT molecular complexity index is 963. The number of nitrogens with zero attached hydrogens (tertiary/aromatic N) is 3. The molecule has 0 spiro atoms. The van der Waals surface area contributed by atoms with Crippen LogP contribution in [0.5, 0.6) is 0 Å². The number of hydrogen-bond acceptors (Lipinski definition) is 5. The second-order valence-electron chi connectivity index (χ2n) is 6.76. The second-order valence-corrected chi connectivity index (χ2v) is 7.70. The lowest BCUT2D eigenvalue weighted by Crippen LogP contribution is -2.32. The molecule has 1 unspecified atom stereocenters. The van der Waals surface area contributed by atoms with Gasteiger partial charge < -0.3 is 14.3 Å². The molecule has 27 heavy (non-hydrogen) atoms. The molecule has 6 nitrogen and oxygen atoms in total. The van der Waals surface area contributed by atoms with E-state index in [2.05, 4.69) is 33.7 Å². The summed E-state index contributed by atoms with van der Waals surface area (Å²) in [6.45, 7) is 1.90. The third-order valence-electron chi connectivity index (χ3n) is 4.97. The normalized spacial score (nSPS) is 16.1. The summed E-state index contributed by atoms with van der Waals surface area (Å²) in [4.78, 5) is 12.5. The zero-order valence-electron chi connectivity index (χ0n) is 15.4. The zero-order chi connectivity index (χ0) is 18.8. The number of carbonyl (C=O) groups is 1. The predicted molar refractivity (Wildman–Crippen MR) is 104 cm³/mol. The summed E-state index contributed by atoms with van der Waals surface area (Å²) in [7, 11) is 1.90. The molecule has 0 saturated heterocycles. The van der Waals surface area contributed by atoms with Gasteiger partial charge in [0.05, 0.1) is 23.6 Å². The van der Waals surface area contributed by atoms with E-state index in [0.29, 0.717) is 10.9 Å². The number of amides is 1. The van der Waals surface area contributed by atoms with Crippen LogP contribution in [0.4, 0.5) is 0 Å². The fourth-order valence-corrected chi connectivity index (χ4v) is 4.28. The van der Waals surface area contributed by atoms with Gasteiger partial charge in [0.25, 0.3) is 0 Å². The van der Waals surface area contributed by atoms with E-state index in [0.717, 1.165) is 36.4 Å². The van der Waals surface area contributed by atoms with E-state index in [9.17, 15) is 4.79 Å². The van der Waals surface area contributed by atoms with Crippen LogP contribution in [0.1, 0.15) is 35.8 Å². The van der Waals surface area contributed by atoms with Crippen molar-refractivity contribution in [3.05, 3.63) is 53.5 Å². The van der Waals surface area contributed by atoms with Gasteiger partial charge in [-0.05, 0) is 43.4 Å². The first kappa shape index (κ1) is 17.9. The van der Waals surface area contributed by atoms with Gasteiger partial charge >= 0.3 is 0 Å². The SMILES string of the molecule is Cc1occc1-c1nnc(SCC(=O)NC2CCCc3ccccc32)n1C. The number of carbonyl (C=O) groups excluding carboxylic acids is 1. The number of thioether (sulfide) groups is 1.